The molecule has 0 fully saturated rings. The number of carbonyl (C=O) groups excluding carboxylic acids is 2. The highest BCUT2D eigenvalue weighted by Gasteiger charge is 2.09. The van der Waals surface area contributed by atoms with E-state index in [0.717, 1.165) is 10.8 Å². The van der Waals surface area contributed by atoms with Gasteiger partial charge in [-0.2, -0.15) is 0 Å². The molecular formula is C19H16NO6-. The molecule has 1 heterocycles. The summed E-state index contributed by atoms with van der Waals surface area (Å²) in [5, 5.41) is 14.9. The van der Waals surface area contributed by atoms with E-state index in [9.17, 15) is 19.5 Å². The van der Waals surface area contributed by atoms with Gasteiger partial charge in [0, 0.05) is 24.0 Å². The molecule has 134 valence electrons. The van der Waals surface area contributed by atoms with E-state index in [0.29, 0.717) is 23.1 Å². The zero-order valence-electron chi connectivity index (χ0n) is 13.8. The lowest BCUT2D eigenvalue weighted by Gasteiger charge is -2.09. The molecule has 2 aromatic carbocycles. The van der Waals surface area contributed by atoms with Gasteiger partial charge in [0.2, 0.25) is 0 Å². The number of carboxylic acids is 1. The van der Waals surface area contributed by atoms with Crippen LogP contribution in [-0.2, 0) is 9.59 Å². The second kappa shape index (κ2) is 7.69. The Bertz CT molecular complexity index is 1020. The molecule has 0 saturated carbocycles. The van der Waals surface area contributed by atoms with Crippen molar-refractivity contribution in [3.63, 3.8) is 0 Å². The van der Waals surface area contributed by atoms with Gasteiger partial charge in [-0.15, -0.1) is 0 Å². The summed E-state index contributed by atoms with van der Waals surface area (Å²) >= 11 is 0. The van der Waals surface area contributed by atoms with Crippen LogP contribution in [0.4, 0.5) is 0 Å². The molecule has 26 heavy (non-hydrogen) atoms. The fraction of sp³-hybridized carbons (Fsp3) is 0.211. The number of hydrogen-bond acceptors (Lipinski definition) is 6. The van der Waals surface area contributed by atoms with Crippen LogP contribution in [0.3, 0.4) is 0 Å². The largest absolute Gasteiger partial charge is 0.550 e. The van der Waals surface area contributed by atoms with E-state index in [1.807, 2.05) is 12.1 Å². The number of nitrogens with one attached hydrogen (secondary N) is 1. The van der Waals surface area contributed by atoms with Crippen LogP contribution in [0.2, 0.25) is 0 Å². The smallest absolute Gasteiger partial charge is 0.344 e. The van der Waals surface area contributed by atoms with Crippen LogP contribution >= 0.6 is 0 Å². The summed E-state index contributed by atoms with van der Waals surface area (Å²) in [6, 6.07) is 12.2. The van der Waals surface area contributed by atoms with Gasteiger partial charge in [-0.3, -0.25) is 4.79 Å². The molecule has 0 unspecified atom stereocenters. The summed E-state index contributed by atoms with van der Waals surface area (Å²) in [5.41, 5.74) is -0.0588. The third kappa shape index (κ3) is 4.00. The SMILES string of the molecule is O=C([O-])CCCNC(=O)COc1ccc2c(c1)oc(=O)c1ccccc12. The highest BCUT2D eigenvalue weighted by Crippen LogP contribution is 2.26. The number of carbonyl (C=O) groups is 2. The topological polar surface area (TPSA) is 109 Å². The van der Waals surface area contributed by atoms with Gasteiger partial charge in [-0.05, 0) is 36.4 Å². The Morgan fingerprint density at radius 1 is 1.08 bits per heavy atom. The molecule has 0 aliphatic heterocycles. The first-order valence-corrected chi connectivity index (χ1v) is 8.09. The van der Waals surface area contributed by atoms with Gasteiger partial charge in [0.05, 0.1) is 5.39 Å². The molecule has 7 nitrogen and oxygen atoms in total. The molecule has 0 aliphatic rings. The first-order chi connectivity index (χ1) is 12.5. The zero-order valence-corrected chi connectivity index (χ0v) is 13.8. The Kier molecular flexibility index (Phi) is 5.17. The highest BCUT2D eigenvalue weighted by molar-refractivity contribution is 6.04. The summed E-state index contributed by atoms with van der Waals surface area (Å²) in [5.74, 6) is -1.13. The van der Waals surface area contributed by atoms with E-state index in [2.05, 4.69) is 5.32 Å². The maximum absolute atomic E-state index is 12.0. The summed E-state index contributed by atoms with van der Waals surface area (Å²) in [6.07, 6.45) is 0.182. The van der Waals surface area contributed by atoms with Gasteiger partial charge >= 0.3 is 5.63 Å². The van der Waals surface area contributed by atoms with Crippen molar-refractivity contribution in [3.05, 3.63) is 52.9 Å². The zero-order chi connectivity index (χ0) is 18.5. The number of rotatable bonds is 7. The monoisotopic (exact) mass is 354 g/mol. The maximum Gasteiger partial charge on any atom is 0.344 e. The van der Waals surface area contributed by atoms with Crippen molar-refractivity contribution >= 4 is 33.6 Å². The predicted molar refractivity (Wildman–Crippen MR) is 92.7 cm³/mol. The number of fused-ring (bicyclic) bond motifs is 3. The lowest BCUT2D eigenvalue weighted by atomic mass is 10.1. The lowest BCUT2D eigenvalue weighted by molar-refractivity contribution is -0.305. The number of hydrogen-bond donors (Lipinski definition) is 1. The van der Waals surface area contributed by atoms with Crippen LogP contribution < -0.4 is 20.8 Å². The van der Waals surface area contributed by atoms with Crippen LogP contribution in [0.15, 0.2) is 51.7 Å². The first kappa shape index (κ1) is 17.5. The molecule has 0 atom stereocenters. The molecule has 3 rings (SSSR count). The van der Waals surface area contributed by atoms with Crippen molar-refractivity contribution in [2.75, 3.05) is 13.2 Å². The van der Waals surface area contributed by atoms with E-state index in [1.165, 1.54) is 0 Å². The summed E-state index contributed by atoms with van der Waals surface area (Å²) in [4.78, 5) is 34.0. The fourth-order valence-electron chi connectivity index (χ4n) is 2.61. The molecule has 0 bridgehead atoms. The van der Waals surface area contributed by atoms with Crippen LogP contribution in [0.1, 0.15) is 12.8 Å². The molecule has 3 aromatic rings. The molecule has 1 N–H and O–H groups in total. The van der Waals surface area contributed by atoms with Gasteiger partial charge < -0.3 is 24.4 Å². The van der Waals surface area contributed by atoms with E-state index >= 15 is 0 Å². The molecule has 0 saturated heterocycles. The molecule has 0 aliphatic carbocycles. The van der Waals surface area contributed by atoms with Crippen LogP contribution in [0.5, 0.6) is 5.75 Å². The molecule has 1 amide bonds. The third-order valence-electron chi connectivity index (χ3n) is 3.84. The third-order valence-corrected chi connectivity index (χ3v) is 3.84. The fourth-order valence-corrected chi connectivity index (χ4v) is 2.61. The second-order valence-electron chi connectivity index (χ2n) is 5.71. The average Bonchev–Trinajstić information content (AvgIpc) is 2.63. The number of benzene rings is 2. The second-order valence-corrected chi connectivity index (χ2v) is 5.71. The number of aliphatic carboxylic acids is 1. The van der Waals surface area contributed by atoms with Crippen molar-refractivity contribution in [1.82, 2.24) is 5.32 Å². The van der Waals surface area contributed by atoms with Gasteiger partial charge in [0.15, 0.2) is 6.61 Å². The standard InChI is InChI=1S/C19H17NO6/c21-17(20-9-3-6-18(22)23)11-25-12-7-8-14-13-4-1-2-5-15(13)19(24)26-16(14)10-12/h1-2,4-5,7-8,10H,3,6,9,11H2,(H,20,21)(H,22,23)/p-1. The normalized spacial score (nSPS) is 10.8. The minimum Gasteiger partial charge on any atom is -0.550 e. The Balaban J connectivity index is 1.68. The van der Waals surface area contributed by atoms with Crippen molar-refractivity contribution in [2.24, 2.45) is 0 Å². The average molecular weight is 354 g/mol. The van der Waals surface area contributed by atoms with Crippen molar-refractivity contribution < 1.29 is 23.8 Å². The van der Waals surface area contributed by atoms with Crippen LogP contribution in [0, 0.1) is 0 Å². The van der Waals surface area contributed by atoms with Gasteiger partial charge in [0.25, 0.3) is 5.91 Å². The molecule has 0 radical (unpaired) electrons. The Hall–Kier alpha value is -3.35. The quantitative estimate of drug-likeness (QED) is 0.385. The predicted octanol–water partition coefficient (Wildman–Crippen LogP) is 0.971. The molecule has 1 aromatic heterocycles. The summed E-state index contributed by atoms with van der Waals surface area (Å²) in [6.45, 7) is 0.00337. The highest BCUT2D eigenvalue weighted by atomic mass is 16.5. The van der Waals surface area contributed by atoms with Gasteiger partial charge in [0.1, 0.15) is 11.3 Å². The van der Waals surface area contributed by atoms with E-state index < -0.39 is 11.6 Å². The lowest BCUT2D eigenvalue weighted by Crippen LogP contribution is -2.31. The van der Waals surface area contributed by atoms with Gasteiger partial charge in [-0.1, -0.05) is 18.2 Å². The summed E-state index contributed by atoms with van der Waals surface area (Å²) < 4.78 is 10.7. The minimum atomic E-state index is -1.15. The van der Waals surface area contributed by atoms with E-state index in [1.54, 1.807) is 30.3 Å². The Morgan fingerprint density at radius 3 is 2.62 bits per heavy atom. The molecule has 7 heteroatoms. The Morgan fingerprint density at radius 2 is 1.85 bits per heavy atom. The van der Waals surface area contributed by atoms with Crippen molar-refractivity contribution in [1.29, 1.82) is 0 Å². The Labute approximate surface area is 148 Å². The number of amides is 1. The van der Waals surface area contributed by atoms with Crippen LogP contribution in [0.25, 0.3) is 21.7 Å². The van der Waals surface area contributed by atoms with Crippen LogP contribution in [-0.4, -0.2) is 25.0 Å². The molecule has 0 spiro atoms. The first-order valence-electron chi connectivity index (χ1n) is 8.09. The summed E-state index contributed by atoms with van der Waals surface area (Å²) in [7, 11) is 0. The number of ether oxygens (including phenoxy) is 1. The maximum atomic E-state index is 12.0. The van der Waals surface area contributed by atoms with Gasteiger partial charge in [-0.25, -0.2) is 4.79 Å². The van der Waals surface area contributed by atoms with Crippen molar-refractivity contribution in [3.8, 4) is 5.75 Å². The molecular weight excluding hydrogens is 338 g/mol. The van der Waals surface area contributed by atoms with E-state index in [4.69, 9.17) is 9.15 Å². The van der Waals surface area contributed by atoms with Crippen molar-refractivity contribution in [2.45, 2.75) is 12.8 Å². The number of carboxylic acid groups (broad SMARTS) is 1. The van der Waals surface area contributed by atoms with E-state index in [-0.39, 0.29) is 25.5 Å². The minimum absolute atomic E-state index is 0.112.